The summed E-state index contributed by atoms with van der Waals surface area (Å²) in [5.74, 6) is -3.57. The third-order valence-corrected chi connectivity index (χ3v) is 3.78. The van der Waals surface area contributed by atoms with Crippen LogP contribution in [0.5, 0.6) is 0 Å². The largest absolute Gasteiger partial charge is 0.392 e. The first-order chi connectivity index (χ1) is 10.9. The molecule has 1 saturated carbocycles. The molecule has 5 nitrogen and oxygen atoms in total. The lowest BCUT2D eigenvalue weighted by Gasteiger charge is -2.18. The Balaban J connectivity index is 1.68. The number of halogens is 3. The van der Waals surface area contributed by atoms with Gasteiger partial charge in [0, 0.05) is 12.1 Å². The van der Waals surface area contributed by atoms with Crippen molar-refractivity contribution >= 4 is 0 Å². The minimum absolute atomic E-state index is 0.00271. The van der Waals surface area contributed by atoms with Crippen LogP contribution in [0.15, 0.2) is 16.7 Å². The van der Waals surface area contributed by atoms with Crippen molar-refractivity contribution in [3.8, 4) is 11.4 Å². The third-order valence-electron chi connectivity index (χ3n) is 3.78. The summed E-state index contributed by atoms with van der Waals surface area (Å²) in [6.07, 6.45) is 1.70. The van der Waals surface area contributed by atoms with E-state index in [2.05, 4.69) is 10.1 Å². The van der Waals surface area contributed by atoms with Crippen molar-refractivity contribution in [2.75, 3.05) is 13.6 Å². The monoisotopic (exact) mass is 327 g/mol. The third kappa shape index (κ3) is 3.70. The fourth-order valence-corrected chi connectivity index (χ4v) is 2.37. The summed E-state index contributed by atoms with van der Waals surface area (Å²) in [5, 5.41) is 13.5. The Hall–Kier alpha value is -1.93. The molecule has 1 aromatic carbocycles. The molecule has 1 fully saturated rings. The number of rotatable bonds is 6. The van der Waals surface area contributed by atoms with E-state index in [1.807, 2.05) is 4.90 Å². The van der Waals surface area contributed by atoms with Gasteiger partial charge in [-0.1, -0.05) is 5.16 Å². The molecule has 1 aliphatic carbocycles. The number of nitrogens with zero attached hydrogens (tertiary/aromatic N) is 3. The summed E-state index contributed by atoms with van der Waals surface area (Å²) in [6.45, 7) is 0.769. The van der Waals surface area contributed by atoms with E-state index in [4.69, 9.17) is 4.52 Å². The molecule has 0 aliphatic heterocycles. The lowest BCUT2D eigenvalue weighted by Crippen LogP contribution is -2.30. The Kier molecular flexibility index (Phi) is 4.36. The normalized spacial score (nSPS) is 16.1. The van der Waals surface area contributed by atoms with Crippen molar-refractivity contribution in [2.24, 2.45) is 5.92 Å². The number of aliphatic hydroxyl groups is 1. The molecule has 0 spiro atoms. The Labute approximate surface area is 130 Å². The maximum atomic E-state index is 13.2. The summed E-state index contributed by atoms with van der Waals surface area (Å²) in [6, 6.07) is 1.63. The van der Waals surface area contributed by atoms with Gasteiger partial charge in [0.05, 0.1) is 12.6 Å². The van der Waals surface area contributed by atoms with E-state index in [0.29, 0.717) is 19.0 Å². The minimum Gasteiger partial charge on any atom is -0.392 e. The topological polar surface area (TPSA) is 62.4 Å². The van der Waals surface area contributed by atoms with Crippen LogP contribution in [0.3, 0.4) is 0 Å². The molecule has 8 heteroatoms. The Morgan fingerprint density at radius 3 is 2.57 bits per heavy atom. The van der Waals surface area contributed by atoms with Gasteiger partial charge in [0.25, 0.3) is 0 Å². The molecule has 1 aliphatic rings. The second-order valence-corrected chi connectivity index (χ2v) is 5.87. The molecule has 124 valence electrons. The van der Waals surface area contributed by atoms with Gasteiger partial charge in [-0.2, -0.15) is 4.98 Å². The highest BCUT2D eigenvalue weighted by Gasteiger charge is 2.30. The maximum absolute atomic E-state index is 13.2. The fourth-order valence-electron chi connectivity index (χ4n) is 2.37. The van der Waals surface area contributed by atoms with Gasteiger partial charge < -0.3 is 9.63 Å². The van der Waals surface area contributed by atoms with Crippen LogP contribution in [0.4, 0.5) is 13.2 Å². The number of hydrogen-bond donors (Lipinski definition) is 1. The van der Waals surface area contributed by atoms with Crippen molar-refractivity contribution in [1.82, 2.24) is 15.0 Å². The Morgan fingerprint density at radius 2 is 1.96 bits per heavy atom. The van der Waals surface area contributed by atoms with Gasteiger partial charge in [-0.3, -0.25) is 4.90 Å². The predicted octanol–water partition coefficient (Wildman–Crippen LogP) is 2.36. The zero-order chi connectivity index (χ0) is 16.6. The smallest absolute Gasteiger partial charge is 0.241 e. The number of benzene rings is 1. The van der Waals surface area contributed by atoms with Crippen molar-refractivity contribution in [2.45, 2.75) is 25.5 Å². The number of aliphatic hydroxyl groups excluding tert-OH is 1. The molecule has 1 N–H and O–H groups in total. The lowest BCUT2D eigenvalue weighted by atomic mass is 10.2. The van der Waals surface area contributed by atoms with Crippen LogP contribution in [-0.2, 0) is 6.54 Å². The molecule has 3 rings (SSSR count). The maximum Gasteiger partial charge on any atom is 0.241 e. The van der Waals surface area contributed by atoms with E-state index >= 15 is 0 Å². The van der Waals surface area contributed by atoms with Crippen molar-refractivity contribution in [3.63, 3.8) is 0 Å². The highest BCUT2D eigenvalue weighted by atomic mass is 19.2. The van der Waals surface area contributed by atoms with E-state index < -0.39 is 17.5 Å². The number of aromatic nitrogens is 2. The van der Waals surface area contributed by atoms with Gasteiger partial charge in [-0.15, -0.1) is 0 Å². The summed E-state index contributed by atoms with van der Waals surface area (Å²) < 4.78 is 44.4. The zero-order valence-corrected chi connectivity index (χ0v) is 12.5. The zero-order valence-electron chi connectivity index (χ0n) is 12.5. The first-order valence-corrected chi connectivity index (χ1v) is 7.28. The van der Waals surface area contributed by atoms with Crippen LogP contribution in [0, 0.1) is 23.4 Å². The first kappa shape index (κ1) is 15.9. The molecule has 0 amide bonds. The van der Waals surface area contributed by atoms with Crippen molar-refractivity contribution in [1.29, 1.82) is 0 Å². The van der Waals surface area contributed by atoms with E-state index in [9.17, 15) is 18.3 Å². The standard InChI is InChI=1S/C15H16F3N3O2/c1-21(6-12(22)8-2-3-8)7-13-19-15(20-23-13)9-4-10(16)14(18)11(17)5-9/h4-5,8,12,22H,2-3,6-7H2,1H3. The highest BCUT2D eigenvalue weighted by molar-refractivity contribution is 5.54. The summed E-state index contributed by atoms with van der Waals surface area (Å²) in [5.41, 5.74) is -0.00271. The molecule has 1 unspecified atom stereocenters. The first-order valence-electron chi connectivity index (χ1n) is 7.28. The van der Waals surface area contributed by atoms with Gasteiger partial charge in [0.15, 0.2) is 17.5 Å². The van der Waals surface area contributed by atoms with Crippen molar-refractivity contribution in [3.05, 3.63) is 35.5 Å². The van der Waals surface area contributed by atoms with E-state index in [1.165, 1.54) is 0 Å². The van der Waals surface area contributed by atoms with Gasteiger partial charge in [-0.25, -0.2) is 13.2 Å². The summed E-state index contributed by atoms with van der Waals surface area (Å²) >= 11 is 0. The summed E-state index contributed by atoms with van der Waals surface area (Å²) in [7, 11) is 1.80. The van der Waals surface area contributed by atoms with Crippen LogP contribution in [0.25, 0.3) is 11.4 Å². The van der Waals surface area contributed by atoms with Crippen LogP contribution in [0.1, 0.15) is 18.7 Å². The number of hydrogen-bond acceptors (Lipinski definition) is 5. The quantitative estimate of drug-likeness (QED) is 0.825. The minimum atomic E-state index is -1.54. The molecule has 0 radical (unpaired) electrons. The predicted molar refractivity (Wildman–Crippen MR) is 74.7 cm³/mol. The highest BCUT2D eigenvalue weighted by Crippen LogP contribution is 2.32. The van der Waals surface area contributed by atoms with Gasteiger partial charge in [0.1, 0.15) is 0 Å². The Morgan fingerprint density at radius 1 is 1.30 bits per heavy atom. The molecular weight excluding hydrogens is 311 g/mol. The SMILES string of the molecule is CN(Cc1nc(-c2cc(F)c(F)c(F)c2)no1)CC(O)C1CC1. The second-order valence-electron chi connectivity index (χ2n) is 5.87. The van der Waals surface area contributed by atoms with Gasteiger partial charge >= 0.3 is 0 Å². The molecule has 1 heterocycles. The second kappa shape index (κ2) is 6.29. The van der Waals surface area contributed by atoms with Gasteiger partial charge in [0.2, 0.25) is 11.7 Å². The number of likely N-dealkylation sites (N-methyl/N-ethyl adjacent to an activating group) is 1. The summed E-state index contributed by atoms with van der Waals surface area (Å²) in [4.78, 5) is 5.87. The molecule has 2 aromatic rings. The van der Waals surface area contributed by atoms with Crippen LogP contribution >= 0.6 is 0 Å². The molecular formula is C15H16F3N3O2. The van der Waals surface area contributed by atoms with E-state index in [0.717, 1.165) is 25.0 Å². The average molecular weight is 327 g/mol. The average Bonchev–Trinajstić information content (AvgIpc) is 3.25. The fraction of sp³-hybridized carbons (Fsp3) is 0.467. The van der Waals surface area contributed by atoms with Crippen LogP contribution < -0.4 is 0 Å². The van der Waals surface area contributed by atoms with E-state index in [1.54, 1.807) is 7.05 Å². The molecule has 1 atom stereocenters. The van der Waals surface area contributed by atoms with Gasteiger partial charge in [-0.05, 0) is 37.9 Å². The Bertz CT molecular complexity index is 680. The molecule has 0 bridgehead atoms. The van der Waals surface area contributed by atoms with Crippen molar-refractivity contribution < 1.29 is 22.8 Å². The van der Waals surface area contributed by atoms with Crippen LogP contribution in [0.2, 0.25) is 0 Å². The lowest BCUT2D eigenvalue weighted by molar-refractivity contribution is 0.0992. The molecule has 1 aromatic heterocycles. The molecule has 0 saturated heterocycles. The van der Waals surface area contributed by atoms with E-state index in [-0.39, 0.29) is 23.4 Å². The molecule has 23 heavy (non-hydrogen) atoms. The van der Waals surface area contributed by atoms with Crippen LogP contribution in [-0.4, -0.2) is 39.8 Å².